The van der Waals surface area contributed by atoms with E-state index in [2.05, 4.69) is 22.1 Å². The van der Waals surface area contributed by atoms with E-state index in [1.807, 2.05) is 19.2 Å². The van der Waals surface area contributed by atoms with Crippen LogP contribution in [0.15, 0.2) is 35.3 Å². The quantitative estimate of drug-likeness (QED) is 0.695. The Hall–Kier alpha value is -2.05. The molecule has 3 nitrogen and oxygen atoms in total. The summed E-state index contributed by atoms with van der Waals surface area (Å²) < 4.78 is 0. The van der Waals surface area contributed by atoms with Crippen molar-refractivity contribution in [2.75, 3.05) is 13.6 Å². The van der Waals surface area contributed by atoms with Crippen LogP contribution in [0.25, 0.3) is 10.9 Å². The summed E-state index contributed by atoms with van der Waals surface area (Å²) in [4.78, 5) is 14.6. The molecule has 0 saturated carbocycles. The summed E-state index contributed by atoms with van der Waals surface area (Å²) in [6.45, 7) is 0.632. The van der Waals surface area contributed by atoms with Crippen molar-refractivity contribution in [3.8, 4) is 11.8 Å². The normalized spacial score (nSPS) is 9.81. The highest BCUT2D eigenvalue weighted by molar-refractivity contribution is 5.84. The highest BCUT2D eigenvalue weighted by Gasteiger charge is 2.00. The van der Waals surface area contributed by atoms with Crippen LogP contribution in [0.2, 0.25) is 0 Å². The number of rotatable bonds is 1. The summed E-state index contributed by atoms with van der Waals surface area (Å²) in [6, 6.07) is 7.08. The maximum atomic E-state index is 11.6. The molecule has 2 rings (SSSR count). The van der Waals surface area contributed by atoms with Crippen molar-refractivity contribution in [2.45, 2.75) is 0 Å². The molecule has 2 aromatic rings. The Morgan fingerprint density at radius 1 is 1.38 bits per heavy atom. The highest BCUT2D eigenvalue weighted by Crippen LogP contribution is 2.11. The van der Waals surface area contributed by atoms with E-state index in [0.29, 0.717) is 11.9 Å². The van der Waals surface area contributed by atoms with E-state index < -0.39 is 0 Å². The van der Waals surface area contributed by atoms with Crippen molar-refractivity contribution in [2.24, 2.45) is 0 Å². The first-order chi connectivity index (χ1) is 7.83. The van der Waals surface area contributed by atoms with Gasteiger partial charge in [-0.1, -0.05) is 17.9 Å². The molecule has 2 N–H and O–H groups in total. The second kappa shape index (κ2) is 4.65. The molecule has 0 aliphatic rings. The molecule has 0 spiro atoms. The van der Waals surface area contributed by atoms with Crippen molar-refractivity contribution in [1.82, 2.24) is 10.3 Å². The lowest BCUT2D eigenvalue weighted by Gasteiger charge is -1.99. The van der Waals surface area contributed by atoms with Gasteiger partial charge in [0.05, 0.1) is 12.1 Å². The zero-order chi connectivity index (χ0) is 11.4. The number of hydrogen-bond donors (Lipinski definition) is 2. The molecule has 0 atom stereocenters. The summed E-state index contributed by atoms with van der Waals surface area (Å²) in [7, 11) is 1.85. The first kappa shape index (κ1) is 10.5. The van der Waals surface area contributed by atoms with Crippen molar-refractivity contribution in [1.29, 1.82) is 0 Å². The van der Waals surface area contributed by atoms with Gasteiger partial charge in [0.1, 0.15) is 0 Å². The lowest BCUT2D eigenvalue weighted by molar-refractivity contribution is 0.938. The number of pyridine rings is 1. The second-order valence-electron chi connectivity index (χ2n) is 3.40. The zero-order valence-electron chi connectivity index (χ0n) is 9.00. The van der Waals surface area contributed by atoms with Gasteiger partial charge in [-0.3, -0.25) is 4.79 Å². The van der Waals surface area contributed by atoms with Gasteiger partial charge in [-0.05, 0) is 19.2 Å². The van der Waals surface area contributed by atoms with E-state index in [1.54, 1.807) is 12.3 Å². The molecule has 0 aliphatic carbocycles. The summed E-state index contributed by atoms with van der Waals surface area (Å²) in [5.74, 6) is 6.01. The first-order valence-electron chi connectivity index (χ1n) is 5.07. The highest BCUT2D eigenvalue weighted by atomic mass is 16.1. The number of benzene rings is 1. The van der Waals surface area contributed by atoms with Crippen LogP contribution in [-0.4, -0.2) is 18.6 Å². The van der Waals surface area contributed by atoms with Crippen LogP contribution >= 0.6 is 0 Å². The molecule has 1 aromatic carbocycles. The fourth-order valence-electron chi connectivity index (χ4n) is 1.54. The van der Waals surface area contributed by atoms with Crippen molar-refractivity contribution in [3.63, 3.8) is 0 Å². The molecule has 1 heterocycles. The molecular weight excluding hydrogens is 200 g/mol. The first-order valence-corrected chi connectivity index (χ1v) is 5.07. The summed E-state index contributed by atoms with van der Waals surface area (Å²) in [6.07, 6.45) is 1.65. The van der Waals surface area contributed by atoms with Gasteiger partial charge in [-0.2, -0.15) is 0 Å². The van der Waals surface area contributed by atoms with Gasteiger partial charge < -0.3 is 10.3 Å². The van der Waals surface area contributed by atoms with Crippen LogP contribution in [0.5, 0.6) is 0 Å². The Kier molecular flexibility index (Phi) is 3.04. The lowest BCUT2D eigenvalue weighted by Crippen LogP contribution is -2.04. The van der Waals surface area contributed by atoms with Gasteiger partial charge in [-0.25, -0.2) is 0 Å². The second-order valence-corrected chi connectivity index (χ2v) is 3.40. The van der Waals surface area contributed by atoms with Gasteiger partial charge in [0, 0.05) is 23.2 Å². The van der Waals surface area contributed by atoms with Crippen LogP contribution in [0.1, 0.15) is 5.56 Å². The Morgan fingerprint density at radius 2 is 2.25 bits per heavy atom. The number of hydrogen-bond acceptors (Lipinski definition) is 2. The van der Waals surface area contributed by atoms with Crippen LogP contribution in [0, 0.1) is 11.8 Å². The summed E-state index contributed by atoms with van der Waals surface area (Å²) in [5.41, 5.74) is 1.68. The van der Waals surface area contributed by atoms with E-state index in [9.17, 15) is 4.79 Å². The largest absolute Gasteiger partial charge is 0.360 e. The topological polar surface area (TPSA) is 44.9 Å². The third-order valence-electron chi connectivity index (χ3n) is 2.28. The number of nitrogens with one attached hydrogen (secondary N) is 2. The maximum Gasteiger partial charge on any atom is 0.189 e. The predicted octanol–water partition coefficient (Wildman–Crippen LogP) is 1.10. The minimum Gasteiger partial charge on any atom is -0.360 e. The molecule has 3 heteroatoms. The molecule has 0 fully saturated rings. The SMILES string of the molecule is CNCC#Cc1cccc2c(=O)cc[nH]c12. The van der Waals surface area contributed by atoms with Crippen LogP contribution in [-0.2, 0) is 0 Å². The van der Waals surface area contributed by atoms with Crippen molar-refractivity contribution in [3.05, 3.63) is 46.2 Å². The maximum absolute atomic E-state index is 11.6. The molecule has 0 amide bonds. The molecule has 0 unspecified atom stereocenters. The smallest absolute Gasteiger partial charge is 0.189 e. The van der Waals surface area contributed by atoms with Gasteiger partial charge in [-0.15, -0.1) is 0 Å². The average Bonchev–Trinajstić information content (AvgIpc) is 2.31. The van der Waals surface area contributed by atoms with E-state index >= 15 is 0 Å². The summed E-state index contributed by atoms with van der Waals surface area (Å²) >= 11 is 0. The Balaban J connectivity index is 2.60. The average molecular weight is 212 g/mol. The van der Waals surface area contributed by atoms with Crippen molar-refractivity contribution < 1.29 is 0 Å². The number of para-hydroxylation sites is 1. The Bertz CT molecular complexity index is 617. The molecule has 1 aromatic heterocycles. The fraction of sp³-hybridized carbons (Fsp3) is 0.154. The minimum absolute atomic E-state index is 0.0195. The molecule has 80 valence electrons. The molecule has 0 aliphatic heterocycles. The number of aromatic amines is 1. The lowest BCUT2D eigenvalue weighted by atomic mass is 10.1. The fourth-order valence-corrected chi connectivity index (χ4v) is 1.54. The van der Waals surface area contributed by atoms with E-state index in [0.717, 1.165) is 11.1 Å². The minimum atomic E-state index is 0.0195. The number of aromatic nitrogens is 1. The van der Waals surface area contributed by atoms with Gasteiger partial charge in [0.25, 0.3) is 0 Å². The number of fused-ring (bicyclic) bond motifs is 1. The Labute approximate surface area is 93.5 Å². The number of H-pyrrole nitrogens is 1. The molecule has 0 saturated heterocycles. The monoisotopic (exact) mass is 212 g/mol. The van der Waals surface area contributed by atoms with E-state index in [1.165, 1.54) is 6.07 Å². The van der Waals surface area contributed by atoms with E-state index in [-0.39, 0.29) is 5.43 Å². The van der Waals surface area contributed by atoms with Gasteiger partial charge in [0.2, 0.25) is 0 Å². The van der Waals surface area contributed by atoms with Gasteiger partial charge in [0.15, 0.2) is 5.43 Å². The third-order valence-corrected chi connectivity index (χ3v) is 2.28. The van der Waals surface area contributed by atoms with Crippen LogP contribution in [0.4, 0.5) is 0 Å². The molecule has 16 heavy (non-hydrogen) atoms. The predicted molar refractivity (Wildman–Crippen MR) is 65.4 cm³/mol. The molecule has 0 radical (unpaired) electrons. The van der Waals surface area contributed by atoms with Gasteiger partial charge >= 0.3 is 0 Å². The van der Waals surface area contributed by atoms with Crippen molar-refractivity contribution >= 4 is 10.9 Å². The summed E-state index contributed by atoms with van der Waals surface area (Å²) in [5, 5.41) is 3.63. The van der Waals surface area contributed by atoms with Crippen LogP contribution < -0.4 is 10.7 Å². The van der Waals surface area contributed by atoms with Crippen LogP contribution in [0.3, 0.4) is 0 Å². The molecule has 0 bridgehead atoms. The molecular formula is C13H12N2O. The standard InChI is InChI=1S/C13H12N2O/c1-14-8-3-5-10-4-2-6-11-12(16)7-9-15-13(10)11/h2,4,6-7,9,14H,8H2,1H3,(H,15,16). The van der Waals surface area contributed by atoms with E-state index in [4.69, 9.17) is 0 Å². The zero-order valence-corrected chi connectivity index (χ0v) is 9.00. The third kappa shape index (κ3) is 1.97. The Morgan fingerprint density at radius 3 is 3.06 bits per heavy atom.